The normalized spacial score (nSPS) is 15.5. The Morgan fingerprint density at radius 2 is 1.88 bits per heavy atom. The molecule has 0 atom stereocenters. The van der Waals surface area contributed by atoms with Crippen molar-refractivity contribution < 1.29 is 14.3 Å². The quantitative estimate of drug-likeness (QED) is 0.584. The molecule has 0 unspecified atom stereocenters. The van der Waals surface area contributed by atoms with Gasteiger partial charge in [-0.2, -0.15) is 0 Å². The van der Waals surface area contributed by atoms with E-state index in [4.69, 9.17) is 4.74 Å². The van der Waals surface area contributed by atoms with Gasteiger partial charge in [0, 0.05) is 29.6 Å². The molecule has 1 saturated carbocycles. The maximum Gasteiger partial charge on any atom is 0.306 e. The molecule has 5 heteroatoms. The van der Waals surface area contributed by atoms with Gasteiger partial charge in [-0.15, -0.1) is 0 Å². The minimum Gasteiger partial charge on any atom is -0.456 e. The fourth-order valence-electron chi connectivity index (χ4n) is 3.67. The van der Waals surface area contributed by atoms with Gasteiger partial charge < -0.3 is 15.0 Å². The number of rotatable bonds is 7. The van der Waals surface area contributed by atoms with Crippen molar-refractivity contribution >= 4 is 22.8 Å². The van der Waals surface area contributed by atoms with Gasteiger partial charge in [0.25, 0.3) is 5.91 Å². The number of aromatic nitrogens is 1. The zero-order valence-electron chi connectivity index (χ0n) is 15.3. The van der Waals surface area contributed by atoms with Crippen LogP contribution < -0.4 is 5.32 Å². The molecule has 3 rings (SSSR count). The summed E-state index contributed by atoms with van der Waals surface area (Å²) < 4.78 is 5.12. The van der Waals surface area contributed by atoms with Crippen LogP contribution in [-0.2, 0) is 20.7 Å². The topological polar surface area (TPSA) is 71.2 Å². The van der Waals surface area contributed by atoms with Crippen LogP contribution in [0.2, 0.25) is 0 Å². The van der Waals surface area contributed by atoms with E-state index < -0.39 is 0 Å². The van der Waals surface area contributed by atoms with Crippen LogP contribution in [0.4, 0.5) is 0 Å². The molecule has 0 radical (unpaired) electrons. The van der Waals surface area contributed by atoms with Crippen LogP contribution in [0.5, 0.6) is 0 Å². The van der Waals surface area contributed by atoms with Gasteiger partial charge in [-0.1, -0.05) is 43.9 Å². The van der Waals surface area contributed by atoms with E-state index in [1.807, 2.05) is 24.4 Å². The second-order valence-corrected chi connectivity index (χ2v) is 7.13. The Bertz CT molecular complexity index is 730. The van der Waals surface area contributed by atoms with Crippen molar-refractivity contribution in [3.63, 3.8) is 0 Å². The molecule has 2 aromatic rings. The summed E-state index contributed by atoms with van der Waals surface area (Å²) in [5.41, 5.74) is 2.32. The van der Waals surface area contributed by atoms with Gasteiger partial charge in [-0.3, -0.25) is 9.59 Å². The lowest BCUT2D eigenvalue weighted by Gasteiger charge is -2.16. The molecule has 1 aliphatic rings. The number of amides is 1. The van der Waals surface area contributed by atoms with Crippen LogP contribution in [0.1, 0.15) is 56.9 Å². The molecule has 1 aliphatic carbocycles. The van der Waals surface area contributed by atoms with Gasteiger partial charge in [0.05, 0.1) is 0 Å². The number of esters is 1. The highest BCUT2D eigenvalue weighted by atomic mass is 16.5. The van der Waals surface area contributed by atoms with Crippen molar-refractivity contribution in [2.45, 2.75) is 63.8 Å². The molecule has 0 spiro atoms. The van der Waals surface area contributed by atoms with E-state index in [9.17, 15) is 9.59 Å². The van der Waals surface area contributed by atoms with Gasteiger partial charge in [-0.05, 0) is 37.3 Å². The third-order valence-corrected chi connectivity index (χ3v) is 5.09. The molecule has 0 saturated heterocycles. The van der Waals surface area contributed by atoms with Crippen LogP contribution in [-0.4, -0.2) is 29.5 Å². The molecule has 140 valence electrons. The maximum atomic E-state index is 11.9. The molecular formula is C21H28N2O3. The SMILES string of the molecule is O=C(COC(=O)CCCc1c[nH]c2ccccc12)NC1CCCCCC1. The summed E-state index contributed by atoms with van der Waals surface area (Å²) in [4.78, 5) is 27.1. The molecule has 1 fully saturated rings. The predicted molar refractivity (Wildman–Crippen MR) is 102 cm³/mol. The third kappa shape index (κ3) is 5.35. The molecule has 1 aromatic carbocycles. The minimum atomic E-state index is -0.305. The minimum absolute atomic E-state index is 0.164. The first-order valence-corrected chi connectivity index (χ1v) is 9.72. The second kappa shape index (κ2) is 9.41. The Labute approximate surface area is 154 Å². The van der Waals surface area contributed by atoms with Crippen molar-refractivity contribution in [1.29, 1.82) is 0 Å². The van der Waals surface area contributed by atoms with Gasteiger partial charge in [0.15, 0.2) is 6.61 Å². The van der Waals surface area contributed by atoms with Crippen molar-refractivity contribution in [1.82, 2.24) is 10.3 Å². The zero-order chi connectivity index (χ0) is 18.2. The molecule has 5 nitrogen and oxygen atoms in total. The van der Waals surface area contributed by atoms with Crippen LogP contribution in [0.15, 0.2) is 30.5 Å². The molecular weight excluding hydrogens is 328 g/mol. The van der Waals surface area contributed by atoms with Crippen LogP contribution >= 0.6 is 0 Å². The lowest BCUT2D eigenvalue weighted by Crippen LogP contribution is -2.37. The summed E-state index contributed by atoms with van der Waals surface area (Å²) in [6, 6.07) is 8.38. The maximum absolute atomic E-state index is 11.9. The number of fused-ring (bicyclic) bond motifs is 1. The zero-order valence-corrected chi connectivity index (χ0v) is 15.3. The van der Waals surface area contributed by atoms with E-state index in [1.165, 1.54) is 36.6 Å². The first kappa shape index (κ1) is 18.5. The molecule has 1 aromatic heterocycles. The summed E-state index contributed by atoms with van der Waals surface area (Å²) in [7, 11) is 0. The van der Waals surface area contributed by atoms with Gasteiger partial charge in [0.1, 0.15) is 0 Å². The van der Waals surface area contributed by atoms with Gasteiger partial charge >= 0.3 is 5.97 Å². The number of hydrogen-bond donors (Lipinski definition) is 2. The van der Waals surface area contributed by atoms with Crippen LogP contribution in [0.3, 0.4) is 0 Å². The highest BCUT2D eigenvalue weighted by Crippen LogP contribution is 2.19. The van der Waals surface area contributed by atoms with Crippen LogP contribution in [0, 0.1) is 0 Å². The summed E-state index contributed by atoms with van der Waals surface area (Å²) in [6.45, 7) is -0.164. The van der Waals surface area contributed by atoms with E-state index in [0.29, 0.717) is 12.8 Å². The fourth-order valence-corrected chi connectivity index (χ4v) is 3.67. The first-order chi connectivity index (χ1) is 12.7. The number of carbonyl (C=O) groups is 2. The van der Waals surface area contributed by atoms with Crippen molar-refractivity contribution in [3.8, 4) is 0 Å². The standard InChI is InChI=1S/C21H28N2O3/c24-20(23-17-9-3-1-2-4-10-17)15-26-21(25)13-7-8-16-14-22-19-12-6-5-11-18(16)19/h5-6,11-12,14,17,22H,1-4,7-10,13,15H2,(H,23,24). The fraction of sp³-hybridized carbons (Fsp3) is 0.524. The number of hydrogen-bond acceptors (Lipinski definition) is 3. The largest absolute Gasteiger partial charge is 0.456 e. The summed E-state index contributed by atoms with van der Waals surface area (Å²) in [5, 5.41) is 4.19. The smallest absolute Gasteiger partial charge is 0.306 e. The Morgan fingerprint density at radius 1 is 1.12 bits per heavy atom. The average Bonchev–Trinajstić information content (AvgIpc) is 2.88. The Kier molecular flexibility index (Phi) is 6.69. The number of aromatic amines is 1. The molecule has 1 amide bonds. The number of carbonyl (C=O) groups excluding carboxylic acids is 2. The lowest BCUT2D eigenvalue weighted by atomic mass is 10.1. The summed E-state index contributed by atoms with van der Waals surface area (Å²) in [5.74, 6) is -0.484. The molecule has 0 aliphatic heterocycles. The Morgan fingerprint density at radius 3 is 2.69 bits per heavy atom. The monoisotopic (exact) mass is 356 g/mol. The number of nitrogens with one attached hydrogen (secondary N) is 2. The number of H-pyrrole nitrogens is 1. The molecule has 1 heterocycles. The number of benzene rings is 1. The van der Waals surface area contributed by atoms with Crippen LogP contribution in [0.25, 0.3) is 10.9 Å². The number of para-hydroxylation sites is 1. The van der Waals surface area contributed by atoms with Gasteiger partial charge in [0.2, 0.25) is 0 Å². The highest BCUT2D eigenvalue weighted by Gasteiger charge is 2.15. The molecule has 0 bridgehead atoms. The molecule has 2 N–H and O–H groups in total. The molecule has 26 heavy (non-hydrogen) atoms. The van der Waals surface area contributed by atoms with Gasteiger partial charge in [-0.25, -0.2) is 0 Å². The van der Waals surface area contributed by atoms with Crippen molar-refractivity contribution in [3.05, 3.63) is 36.0 Å². The van der Waals surface area contributed by atoms with E-state index >= 15 is 0 Å². The number of aryl methyl sites for hydroxylation is 1. The highest BCUT2D eigenvalue weighted by molar-refractivity contribution is 5.83. The Balaban J connectivity index is 1.34. The van der Waals surface area contributed by atoms with Crippen molar-refractivity contribution in [2.24, 2.45) is 0 Å². The average molecular weight is 356 g/mol. The predicted octanol–water partition coefficient (Wildman–Crippen LogP) is 3.87. The van der Waals surface area contributed by atoms with E-state index in [0.717, 1.165) is 24.8 Å². The second-order valence-electron chi connectivity index (χ2n) is 7.13. The van der Waals surface area contributed by atoms with E-state index in [1.54, 1.807) is 0 Å². The number of ether oxygens (including phenoxy) is 1. The van der Waals surface area contributed by atoms with Crippen molar-refractivity contribution in [2.75, 3.05) is 6.61 Å². The lowest BCUT2D eigenvalue weighted by molar-refractivity contribution is -0.148. The third-order valence-electron chi connectivity index (χ3n) is 5.09. The van der Waals surface area contributed by atoms with E-state index in [2.05, 4.69) is 16.4 Å². The summed E-state index contributed by atoms with van der Waals surface area (Å²) >= 11 is 0. The summed E-state index contributed by atoms with van der Waals surface area (Å²) in [6.07, 6.45) is 10.7. The first-order valence-electron chi connectivity index (χ1n) is 9.72. The Hall–Kier alpha value is -2.30. The van der Waals surface area contributed by atoms with E-state index in [-0.39, 0.29) is 24.5 Å².